The zero-order valence-electron chi connectivity index (χ0n) is 14.3. The first-order valence-corrected chi connectivity index (χ1v) is 10.2. The zero-order valence-corrected chi connectivity index (χ0v) is 16.0. The van der Waals surface area contributed by atoms with E-state index in [1.807, 2.05) is 13.8 Å². The van der Waals surface area contributed by atoms with E-state index in [2.05, 4.69) is 10.5 Å². The number of hydrogen-bond donors (Lipinski definition) is 1. The van der Waals surface area contributed by atoms with Crippen molar-refractivity contribution in [1.82, 2.24) is 5.32 Å². The monoisotopic (exact) mass is 374 g/mol. The molecule has 0 fully saturated rings. The van der Waals surface area contributed by atoms with Crippen molar-refractivity contribution in [2.24, 2.45) is 5.16 Å². The summed E-state index contributed by atoms with van der Waals surface area (Å²) in [5, 5.41) is 6.26. The summed E-state index contributed by atoms with van der Waals surface area (Å²) < 4.78 is 16.6. The summed E-state index contributed by atoms with van der Waals surface area (Å²) in [4.78, 5) is 15.9. The Hall–Kier alpha value is -1.47. The second-order valence-corrected chi connectivity index (χ2v) is 7.42. The third-order valence-corrected chi connectivity index (χ3v) is 5.09. The van der Waals surface area contributed by atoms with Crippen LogP contribution in [0.3, 0.4) is 0 Å². The average Bonchev–Trinajstić information content (AvgIpc) is 2.54. The number of hydrogen-bond acceptors (Lipinski definition) is 7. The van der Waals surface area contributed by atoms with Crippen LogP contribution in [0.2, 0.25) is 0 Å². The Bertz CT molecular complexity index is 596. The van der Waals surface area contributed by atoms with Gasteiger partial charge in [-0.15, -0.1) is 0 Å². The predicted octanol–water partition coefficient (Wildman–Crippen LogP) is 3.83. The molecule has 1 rings (SSSR count). The van der Waals surface area contributed by atoms with Gasteiger partial charge in [-0.1, -0.05) is 5.16 Å². The second-order valence-electron chi connectivity index (χ2n) is 4.48. The van der Waals surface area contributed by atoms with E-state index < -0.39 is 12.8 Å². The highest BCUT2D eigenvalue weighted by Crippen LogP contribution is 2.49. The van der Waals surface area contributed by atoms with Crippen molar-refractivity contribution >= 4 is 30.3 Å². The van der Waals surface area contributed by atoms with Crippen molar-refractivity contribution in [3.8, 4) is 5.75 Å². The van der Waals surface area contributed by atoms with Crippen LogP contribution < -0.4 is 9.84 Å². The molecule has 9 heteroatoms. The normalized spacial score (nSPS) is 11.9. The number of amides is 1. The maximum Gasteiger partial charge on any atom is 0.433 e. The first kappa shape index (κ1) is 20.6. The molecule has 24 heavy (non-hydrogen) atoms. The lowest BCUT2D eigenvalue weighted by Crippen LogP contribution is -2.22. The van der Waals surface area contributed by atoms with Gasteiger partial charge in [0.15, 0.2) is 0 Å². The van der Waals surface area contributed by atoms with Gasteiger partial charge in [0.2, 0.25) is 0 Å². The molecule has 0 saturated carbocycles. The van der Waals surface area contributed by atoms with E-state index in [4.69, 9.17) is 30.2 Å². The molecule has 0 atom stereocenters. The Morgan fingerprint density at radius 3 is 2.25 bits per heavy atom. The fourth-order valence-corrected chi connectivity index (χ4v) is 3.71. The Kier molecular flexibility index (Phi) is 8.92. The van der Waals surface area contributed by atoms with Crippen LogP contribution in [0.15, 0.2) is 29.4 Å². The first-order valence-electron chi connectivity index (χ1n) is 7.62. The van der Waals surface area contributed by atoms with E-state index in [1.165, 1.54) is 0 Å². The highest BCUT2D eigenvalue weighted by atomic mass is 32.5. The van der Waals surface area contributed by atoms with Gasteiger partial charge in [0, 0.05) is 18.4 Å². The van der Waals surface area contributed by atoms with Gasteiger partial charge < -0.3 is 9.84 Å². The summed E-state index contributed by atoms with van der Waals surface area (Å²) in [5.74, 6) is 0.543. The van der Waals surface area contributed by atoms with Gasteiger partial charge in [0.25, 0.3) is 0 Å². The molecule has 0 aliphatic rings. The lowest BCUT2D eigenvalue weighted by atomic mass is 10.1. The number of benzene rings is 1. The molecule has 0 bridgehead atoms. The van der Waals surface area contributed by atoms with E-state index in [-0.39, 0.29) is 0 Å². The largest absolute Gasteiger partial charge is 0.433 e. The zero-order chi connectivity index (χ0) is 18.0. The number of rotatable bonds is 9. The van der Waals surface area contributed by atoms with Gasteiger partial charge in [-0.3, -0.25) is 13.9 Å². The highest BCUT2D eigenvalue weighted by molar-refractivity contribution is 8.07. The molecule has 134 valence electrons. The molecule has 7 nitrogen and oxygen atoms in total. The summed E-state index contributed by atoms with van der Waals surface area (Å²) in [6.07, 6.45) is -0.592. The molecule has 0 aliphatic heterocycles. The number of nitrogens with zero attached hydrogens (tertiary/aromatic N) is 1. The van der Waals surface area contributed by atoms with E-state index in [0.29, 0.717) is 31.2 Å². The standard InChI is InChI=1S/C15H23N2O5PS/c1-5-16-15(18)21-17-12(4)13-8-10-14(11-9-13)22-23(24,19-6-2)20-7-3/h8-11H,5-7H2,1-4H3,(H,16,18)/b17-12-. The van der Waals surface area contributed by atoms with Crippen LogP contribution >= 0.6 is 6.72 Å². The molecular formula is C15H23N2O5PS. The lowest BCUT2D eigenvalue weighted by Gasteiger charge is -2.21. The van der Waals surface area contributed by atoms with Crippen molar-refractivity contribution in [2.75, 3.05) is 19.8 Å². The van der Waals surface area contributed by atoms with Crippen LogP contribution in [0, 0.1) is 0 Å². The minimum atomic E-state index is -2.79. The van der Waals surface area contributed by atoms with Crippen LogP contribution in [0.5, 0.6) is 5.75 Å². The van der Waals surface area contributed by atoms with E-state index in [0.717, 1.165) is 5.56 Å². The van der Waals surface area contributed by atoms with Gasteiger partial charge >= 0.3 is 12.8 Å². The Labute approximate surface area is 147 Å². The number of carbonyl (C=O) groups excluding carboxylic acids is 1. The third kappa shape index (κ3) is 6.97. The topological polar surface area (TPSA) is 78.4 Å². The highest BCUT2D eigenvalue weighted by Gasteiger charge is 2.21. The molecule has 1 N–H and O–H groups in total. The van der Waals surface area contributed by atoms with E-state index in [1.54, 1.807) is 38.1 Å². The van der Waals surface area contributed by atoms with Crippen molar-refractivity contribution in [3.05, 3.63) is 29.8 Å². The Morgan fingerprint density at radius 2 is 1.75 bits per heavy atom. The SMILES string of the molecule is CCNC(=O)O/N=C(/C)c1ccc(OP(=S)(OCC)OCC)cc1. The van der Waals surface area contributed by atoms with E-state index >= 15 is 0 Å². The number of nitrogens with one attached hydrogen (secondary N) is 1. The maximum atomic E-state index is 11.2. The summed E-state index contributed by atoms with van der Waals surface area (Å²) >= 11 is 5.32. The molecule has 0 saturated heterocycles. The first-order chi connectivity index (χ1) is 11.4. The van der Waals surface area contributed by atoms with Crippen molar-refractivity contribution in [1.29, 1.82) is 0 Å². The van der Waals surface area contributed by atoms with Crippen LogP contribution in [-0.4, -0.2) is 31.6 Å². The minimum Gasteiger partial charge on any atom is -0.424 e. The number of oxime groups is 1. The number of carbonyl (C=O) groups is 1. The maximum absolute atomic E-state index is 11.2. The summed E-state index contributed by atoms with van der Waals surface area (Å²) in [6, 6.07) is 7.04. The third-order valence-electron chi connectivity index (χ3n) is 2.65. The van der Waals surface area contributed by atoms with Gasteiger partial charge in [0.05, 0.1) is 18.9 Å². The average molecular weight is 374 g/mol. The van der Waals surface area contributed by atoms with Gasteiger partial charge in [-0.25, -0.2) is 4.79 Å². The molecule has 0 unspecified atom stereocenters. The Morgan fingerprint density at radius 1 is 1.17 bits per heavy atom. The minimum absolute atomic E-state index is 0.415. The molecule has 0 aromatic heterocycles. The quantitative estimate of drug-likeness (QED) is 0.306. The summed E-state index contributed by atoms with van der Waals surface area (Å²) in [7, 11) is 0. The van der Waals surface area contributed by atoms with Crippen LogP contribution in [-0.2, 0) is 25.7 Å². The molecule has 0 spiro atoms. The predicted molar refractivity (Wildman–Crippen MR) is 97.0 cm³/mol. The molecule has 0 radical (unpaired) electrons. The van der Waals surface area contributed by atoms with Gasteiger partial charge in [-0.2, -0.15) is 0 Å². The van der Waals surface area contributed by atoms with Crippen LogP contribution in [0.25, 0.3) is 0 Å². The molecule has 1 aromatic rings. The second kappa shape index (κ2) is 10.4. The molecule has 0 heterocycles. The van der Waals surface area contributed by atoms with Crippen LogP contribution in [0.1, 0.15) is 33.3 Å². The lowest BCUT2D eigenvalue weighted by molar-refractivity contribution is 0.151. The van der Waals surface area contributed by atoms with Gasteiger partial charge in [0.1, 0.15) is 5.75 Å². The Balaban J connectivity index is 2.76. The van der Waals surface area contributed by atoms with Crippen molar-refractivity contribution in [3.63, 3.8) is 0 Å². The van der Waals surface area contributed by atoms with E-state index in [9.17, 15) is 4.79 Å². The summed E-state index contributed by atoms with van der Waals surface area (Å²) in [6.45, 7) is 5.72. The van der Waals surface area contributed by atoms with Crippen LogP contribution in [0.4, 0.5) is 4.79 Å². The van der Waals surface area contributed by atoms with Crippen molar-refractivity contribution in [2.45, 2.75) is 27.7 Å². The van der Waals surface area contributed by atoms with Crippen molar-refractivity contribution < 1.29 is 23.2 Å². The molecular weight excluding hydrogens is 351 g/mol. The fraction of sp³-hybridized carbons (Fsp3) is 0.467. The fourth-order valence-electron chi connectivity index (χ4n) is 1.63. The van der Waals surface area contributed by atoms with Gasteiger partial charge in [-0.05, 0) is 57.5 Å². The molecule has 0 aliphatic carbocycles. The molecule has 1 amide bonds. The molecule has 1 aromatic carbocycles. The summed E-state index contributed by atoms with van der Waals surface area (Å²) in [5.41, 5.74) is 1.34. The smallest absolute Gasteiger partial charge is 0.424 e.